The second-order valence-electron chi connectivity index (χ2n) is 7.70. The number of ether oxygens (including phenoxy) is 2. The monoisotopic (exact) mass is 494 g/mol. The Bertz CT molecular complexity index is 1580. The van der Waals surface area contributed by atoms with Crippen LogP contribution in [0.25, 0.3) is 39.1 Å². The average Bonchev–Trinajstić information content (AvgIpc) is 3.31. The number of halogens is 3. The summed E-state index contributed by atoms with van der Waals surface area (Å²) in [7, 11) is 0. The van der Waals surface area contributed by atoms with Crippen LogP contribution in [0.15, 0.2) is 73.1 Å². The van der Waals surface area contributed by atoms with Gasteiger partial charge in [-0.2, -0.15) is 13.2 Å². The van der Waals surface area contributed by atoms with Crippen molar-refractivity contribution in [3.05, 3.63) is 73.1 Å². The summed E-state index contributed by atoms with van der Waals surface area (Å²) in [5.41, 5.74) is 4.83. The molecule has 1 aliphatic heterocycles. The van der Waals surface area contributed by atoms with Crippen molar-refractivity contribution in [3.8, 4) is 34.0 Å². The van der Waals surface area contributed by atoms with Crippen LogP contribution in [0, 0.1) is 0 Å². The summed E-state index contributed by atoms with van der Waals surface area (Å²) in [6.07, 6.45) is -1.27. The predicted molar refractivity (Wildman–Crippen MR) is 124 cm³/mol. The minimum Gasteiger partial charge on any atom is -0.486 e. The van der Waals surface area contributed by atoms with E-state index in [4.69, 9.17) is 19.4 Å². The average molecular weight is 494 g/mol. The molecule has 0 radical (unpaired) electrons. The van der Waals surface area contributed by atoms with Gasteiger partial charge in [0.2, 0.25) is 0 Å². The number of carbonyl (C=O) groups is 1. The molecule has 1 N–H and O–H groups in total. The van der Waals surface area contributed by atoms with Crippen LogP contribution in [0.5, 0.6) is 11.5 Å². The molecule has 1 aliphatic rings. The molecule has 0 atom stereocenters. The van der Waals surface area contributed by atoms with Crippen molar-refractivity contribution < 1.29 is 32.5 Å². The number of aromatic nitrogens is 4. The highest BCUT2D eigenvalue weighted by molar-refractivity contribution is 5.92. The first-order valence-electron chi connectivity index (χ1n) is 10.7. The van der Waals surface area contributed by atoms with Crippen LogP contribution >= 0.6 is 0 Å². The number of nitrogens with zero attached hydrogens (tertiary/aromatic N) is 4. The zero-order valence-corrected chi connectivity index (χ0v) is 18.4. The number of carboxylic acid groups (broad SMARTS) is 1. The van der Waals surface area contributed by atoms with E-state index < -0.39 is 12.1 Å². The molecule has 0 unspecified atom stereocenters. The normalized spacial score (nSPS) is 12.8. The highest BCUT2D eigenvalue weighted by Crippen LogP contribution is 2.35. The Labute approximate surface area is 201 Å². The zero-order valence-electron chi connectivity index (χ0n) is 18.4. The minimum absolute atomic E-state index is 0.572. The van der Waals surface area contributed by atoms with Crippen LogP contribution in [0.2, 0.25) is 0 Å². The molecule has 4 heterocycles. The third-order valence-electron chi connectivity index (χ3n) is 5.42. The number of para-hydroxylation sites is 1. The molecule has 0 spiro atoms. The Kier molecular flexibility index (Phi) is 5.88. The number of hydrogen-bond acceptors (Lipinski definition) is 6. The molecule has 0 saturated carbocycles. The molecular weight excluding hydrogens is 477 g/mol. The number of aliphatic carboxylic acids is 1. The molecular formula is C25H17F3N4O4. The van der Waals surface area contributed by atoms with Gasteiger partial charge in [0.1, 0.15) is 13.2 Å². The van der Waals surface area contributed by atoms with E-state index in [0.717, 1.165) is 50.6 Å². The molecule has 182 valence electrons. The summed E-state index contributed by atoms with van der Waals surface area (Å²) in [6.45, 7) is 1.16. The molecule has 3 aromatic heterocycles. The first-order chi connectivity index (χ1) is 17.3. The van der Waals surface area contributed by atoms with E-state index in [9.17, 15) is 13.2 Å². The van der Waals surface area contributed by atoms with Crippen LogP contribution in [0.4, 0.5) is 13.2 Å². The van der Waals surface area contributed by atoms with Gasteiger partial charge in [-0.05, 0) is 47.5 Å². The van der Waals surface area contributed by atoms with Gasteiger partial charge in [0.15, 0.2) is 23.0 Å². The lowest BCUT2D eigenvalue weighted by molar-refractivity contribution is -0.192. The second kappa shape index (κ2) is 9.17. The Morgan fingerprint density at radius 1 is 0.917 bits per heavy atom. The summed E-state index contributed by atoms with van der Waals surface area (Å²) in [5.74, 6) is -0.394. The summed E-state index contributed by atoms with van der Waals surface area (Å²) in [6, 6.07) is 20.1. The quantitative estimate of drug-likeness (QED) is 0.368. The van der Waals surface area contributed by atoms with Crippen molar-refractivity contribution in [1.82, 2.24) is 19.6 Å². The van der Waals surface area contributed by atoms with E-state index >= 15 is 0 Å². The lowest BCUT2D eigenvalue weighted by Gasteiger charge is -2.18. The number of alkyl halides is 3. The molecule has 0 amide bonds. The fraction of sp³-hybridized carbons (Fsp3) is 0.120. The number of rotatable bonds is 2. The van der Waals surface area contributed by atoms with Crippen LogP contribution in [0.3, 0.4) is 0 Å². The van der Waals surface area contributed by atoms with Crippen molar-refractivity contribution in [2.75, 3.05) is 13.2 Å². The SMILES string of the molecule is O=C(O)C(F)(F)F.c1ccc2c(-c3nnc4cc(-c5ccc6c(c5)OCCO6)ccn34)ccnc2c1. The lowest BCUT2D eigenvalue weighted by Crippen LogP contribution is -2.21. The fourth-order valence-corrected chi connectivity index (χ4v) is 3.77. The Morgan fingerprint density at radius 3 is 2.42 bits per heavy atom. The molecule has 0 saturated heterocycles. The van der Waals surface area contributed by atoms with Crippen molar-refractivity contribution in [2.45, 2.75) is 6.18 Å². The summed E-state index contributed by atoms with van der Waals surface area (Å²) in [4.78, 5) is 13.3. The Morgan fingerprint density at radius 2 is 1.64 bits per heavy atom. The number of pyridine rings is 2. The molecule has 0 bridgehead atoms. The van der Waals surface area contributed by atoms with Gasteiger partial charge < -0.3 is 14.6 Å². The molecule has 0 fully saturated rings. The smallest absolute Gasteiger partial charge is 0.486 e. The third kappa shape index (κ3) is 4.50. The second-order valence-corrected chi connectivity index (χ2v) is 7.70. The number of carboxylic acids is 1. The van der Waals surface area contributed by atoms with Gasteiger partial charge in [0.05, 0.1) is 5.52 Å². The lowest BCUT2D eigenvalue weighted by atomic mass is 10.1. The molecule has 36 heavy (non-hydrogen) atoms. The van der Waals surface area contributed by atoms with E-state index in [1.165, 1.54) is 0 Å². The summed E-state index contributed by atoms with van der Waals surface area (Å²) < 4.78 is 45.1. The van der Waals surface area contributed by atoms with E-state index in [0.29, 0.717) is 13.2 Å². The van der Waals surface area contributed by atoms with Gasteiger partial charge in [-0.1, -0.05) is 24.3 Å². The molecule has 6 rings (SSSR count). The fourth-order valence-electron chi connectivity index (χ4n) is 3.77. The largest absolute Gasteiger partial charge is 0.490 e. The zero-order chi connectivity index (χ0) is 25.3. The van der Waals surface area contributed by atoms with Crippen LogP contribution in [-0.4, -0.2) is 50.0 Å². The Balaban J connectivity index is 0.000000338. The molecule has 5 aromatic rings. The number of fused-ring (bicyclic) bond motifs is 3. The number of hydrogen-bond donors (Lipinski definition) is 1. The first kappa shape index (κ1) is 23.1. The highest BCUT2D eigenvalue weighted by Gasteiger charge is 2.38. The van der Waals surface area contributed by atoms with Gasteiger partial charge in [0.25, 0.3) is 0 Å². The van der Waals surface area contributed by atoms with Gasteiger partial charge in [0, 0.05) is 23.3 Å². The van der Waals surface area contributed by atoms with Crippen LogP contribution in [0.1, 0.15) is 0 Å². The van der Waals surface area contributed by atoms with Gasteiger partial charge in [-0.3, -0.25) is 9.38 Å². The Hall–Kier alpha value is -4.67. The van der Waals surface area contributed by atoms with Crippen molar-refractivity contribution in [3.63, 3.8) is 0 Å². The van der Waals surface area contributed by atoms with E-state index in [-0.39, 0.29) is 0 Å². The van der Waals surface area contributed by atoms with Crippen molar-refractivity contribution in [2.24, 2.45) is 0 Å². The first-order valence-corrected chi connectivity index (χ1v) is 10.7. The summed E-state index contributed by atoms with van der Waals surface area (Å²) >= 11 is 0. The van der Waals surface area contributed by atoms with Crippen LogP contribution < -0.4 is 9.47 Å². The number of benzene rings is 2. The minimum atomic E-state index is -5.08. The topological polar surface area (TPSA) is 98.8 Å². The third-order valence-corrected chi connectivity index (χ3v) is 5.42. The van der Waals surface area contributed by atoms with Crippen LogP contribution in [-0.2, 0) is 4.79 Å². The van der Waals surface area contributed by atoms with E-state index in [1.807, 2.05) is 65.3 Å². The van der Waals surface area contributed by atoms with Crippen molar-refractivity contribution >= 4 is 22.5 Å². The predicted octanol–water partition coefficient (Wildman–Crippen LogP) is 5.02. The standard InChI is InChI=1S/C23H16N4O2.C2HF3O2/c1-2-4-19-17(3-1)18(7-9-24-19)23-26-25-22-14-16(8-10-27(22)23)15-5-6-20-21(13-15)29-12-11-28-20;3-2(4,5)1(6)7/h1-10,13-14H,11-12H2;(H,6,7). The molecule has 2 aromatic carbocycles. The molecule has 0 aliphatic carbocycles. The molecule has 8 nitrogen and oxygen atoms in total. The highest BCUT2D eigenvalue weighted by atomic mass is 19.4. The molecule has 11 heteroatoms. The van der Waals surface area contributed by atoms with E-state index in [1.54, 1.807) is 0 Å². The van der Waals surface area contributed by atoms with Gasteiger partial charge in [-0.25, -0.2) is 4.79 Å². The van der Waals surface area contributed by atoms with Gasteiger partial charge in [-0.15, -0.1) is 10.2 Å². The van der Waals surface area contributed by atoms with Crippen molar-refractivity contribution in [1.29, 1.82) is 0 Å². The van der Waals surface area contributed by atoms with Gasteiger partial charge >= 0.3 is 12.1 Å². The maximum Gasteiger partial charge on any atom is 0.490 e. The van der Waals surface area contributed by atoms with E-state index in [2.05, 4.69) is 27.3 Å². The maximum atomic E-state index is 10.6. The summed E-state index contributed by atoms with van der Waals surface area (Å²) in [5, 5.41) is 17.1. The maximum absolute atomic E-state index is 10.6.